The van der Waals surface area contributed by atoms with Crippen LogP contribution in [-0.4, -0.2) is 53.1 Å². The van der Waals surface area contributed by atoms with E-state index in [1.807, 2.05) is 0 Å². The Morgan fingerprint density at radius 3 is 1.40 bits per heavy atom. The van der Waals surface area contributed by atoms with Crippen molar-refractivity contribution >= 4 is 16.0 Å². The van der Waals surface area contributed by atoms with E-state index in [9.17, 15) is 28.0 Å². The lowest BCUT2D eigenvalue weighted by atomic mass is 10.0. The van der Waals surface area contributed by atoms with E-state index >= 15 is 0 Å². The first-order valence-electron chi connectivity index (χ1n) is 18.0. The van der Waals surface area contributed by atoms with E-state index < -0.39 is 40.0 Å². The van der Waals surface area contributed by atoms with E-state index in [0.29, 0.717) is 6.42 Å². The number of carbonyl (C=O) groups is 1. The van der Waals surface area contributed by atoms with E-state index in [2.05, 4.69) is 19.2 Å². The second-order valence-corrected chi connectivity index (χ2v) is 14.2. The summed E-state index contributed by atoms with van der Waals surface area (Å²) in [5.74, 6) is -1.53. The van der Waals surface area contributed by atoms with Crippen LogP contribution in [0, 0.1) is 0 Å². The summed E-state index contributed by atoms with van der Waals surface area (Å²) in [4.78, 5) is 12.5. The van der Waals surface area contributed by atoms with Crippen LogP contribution in [0.4, 0.5) is 0 Å². The maximum atomic E-state index is 12.5. The summed E-state index contributed by atoms with van der Waals surface area (Å²) >= 11 is 0. The predicted molar refractivity (Wildman–Crippen MR) is 181 cm³/mol. The van der Waals surface area contributed by atoms with Crippen molar-refractivity contribution in [1.82, 2.24) is 5.32 Å². The molecule has 0 saturated heterocycles. The van der Waals surface area contributed by atoms with Gasteiger partial charge in [-0.05, 0) is 19.3 Å². The first-order chi connectivity index (χ1) is 20.7. The third kappa shape index (κ3) is 29.5. The number of allylic oxidation sites excluding steroid dienone is 1. The van der Waals surface area contributed by atoms with Crippen LogP contribution in [0.15, 0.2) is 12.2 Å². The molecule has 0 aliphatic carbocycles. The SMILES string of the molecule is CCCCCCCC/C=C/C(O)C(CS(=O)(=O)O)NC(=O)C(O)CCCCCCCCCCCCCCCCCCCC. The lowest BCUT2D eigenvalue weighted by Gasteiger charge is -2.22. The largest absolute Gasteiger partial charge is 0.387 e. The lowest BCUT2D eigenvalue weighted by molar-refractivity contribution is -0.130. The van der Waals surface area contributed by atoms with Crippen molar-refractivity contribution in [2.24, 2.45) is 0 Å². The van der Waals surface area contributed by atoms with Crippen LogP contribution in [0.5, 0.6) is 0 Å². The van der Waals surface area contributed by atoms with Gasteiger partial charge in [-0.15, -0.1) is 0 Å². The molecule has 1 amide bonds. The minimum Gasteiger partial charge on any atom is -0.387 e. The van der Waals surface area contributed by atoms with Crippen molar-refractivity contribution in [3.8, 4) is 0 Å². The maximum absolute atomic E-state index is 12.5. The molecule has 0 aliphatic rings. The zero-order chi connectivity index (χ0) is 32.0. The molecule has 0 radical (unpaired) electrons. The molecule has 43 heavy (non-hydrogen) atoms. The van der Waals surface area contributed by atoms with Crippen molar-refractivity contribution in [3.05, 3.63) is 12.2 Å². The highest BCUT2D eigenvalue weighted by Gasteiger charge is 2.27. The van der Waals surface area contributed by atoms with Gasteiger partial charge in [0.25, 0.3) is 10.1 Å². The van der Waals surface area contributed by atoms with Gasteiger partial charge in [0, 0.05) is 0 Å². The Morgan fingerprint density at radius 2 is 1.00 bits per heavy atom. The third-order valence-electron chi connectivity index (χ3n) is 8.32. The molecule has 0 aromatic rings. The van der Waals surface area contributed by atoms with Gasteiger partial charge in [0.1, 0.15) is 6.10 Å². The van der Waals surface area contributed by atoms with Gasteiger partial charge in [0.2, 0.25) is 5.91 Å². The van der Waals surface area contributed by atoms with E-state index in [0.717, 1.165) is 38.5 Å². The number of unbranched alkanes of at least 4 members (excludes halogenated alkanes) is 23. The van der Waals surface area contributed by atoms with Crippen LogP contribution in [0.1, 0.15) is 181 Å². The molecule has 0 rings (SSSR count). The number of rotatable bonds is 32. The number of amides is 1. The van der Waals surface area contributed by atoms with Gasteiger partial charge in [0.05, 0.1) is 17.9 Å². The van der Waals surface area contributed by atoms with Gasteiger partial charge < -0.3 is 15.5 Å². The molecule has 0 aliphatic heterocycles. The summed E-state index contributed by atoms with van der Waals surface area (Å²) < 4.78 is 32.2. The number of hydrogen-bond donors (Lipinski definition) is 4. The minimum absolute atomic E-state index is 0.285. The fourth-order valence-electron chi connectivity index (χ4n) is 5.51. The molecule has 0 aromatic carbocycles. The standard InChI is InChI=1S/C35H69NO6S/c1-3-5-7-9-11-13-14-15-16-17-18-19-20-21-22-24-26-28-30-34(38)35(39)36-32(31-43(40,41)42)33(37)29-27-25-23-12-10-8-6-4-2/h27,29,32-34,37-38H,3-26,28,30-31H2,1-2H3,(H,36,39)(H,40,41,42)/b29-27+. The maximum Gasteiger partial charge on any atom is 0.267 e. The fourth-order valence-corrected chi connectivity index (χ4v) is 6.25. The number of carbonyl (C=O) groups excluding carboxylic acids is 1. The molecule has 0 fully saturated rings. The molecule has 3 atom stereocenters. The van der Waals surface area contributed by atoms with Crippen molar-refractivity contribution in [3.63, 3.8) is 0 Å². The van der Waals surface area contributed by atoms with Gasteiger partial charge in [0.15, 0.2) is 0 Å². The molecule has 0 aromatic heterocycles. The van der Waals surface area contributed by atoms with Gasteiger partial charge in [-0.25, -0.2) is 0 Å². The lowest BCUT2D eigenvalue weighted by Crippen LogP contribution is -2.50. The second-order valence-electron chi connectivity index (χ2n) is 12.7. The van der Waals surface area contributed by atoms with E-state index in [1.54, 1.807) is 6.08 Å². The number of nitrogens with one attached hydrogen (secondary N) is 1. The summed E-state index contributed by atoms with van der Waals surface area (Å²) in [7, 11) is -4.42. The summed E-state index contributed by atoms with van der Waals surface area (Å²) in [5.41, 5.74) is 0. The van der Waals surface area contributed by atoms with E-state index in [4.69, 9.17) is 0 Å². The Labute approximate surface area is 265 Å². The van der Waals surface area contributed by atoms with Gasteiger partial charge in [-0.3, -0.25) is 9.35 Å². The fraction of sp³-hybridized carbons (Fsp3) is 0.914. The molecule has 7 nitrogen and oxygen atoms in total. The van der Waals surface area contributed by atoms with Crippen molar-refractivity contribution < 1.29 is 28.0 Å². The minimum atomic E-state index is -4.42. The summed E-state index contributed by atoms with van der Waals surface area (Å²) in [6.45, 7) is 4.44. The van der Waals surface area contributed by atoms with Crippen LogP contribution in [0.2, 0.25) is 0 Å². The Kier molecular flexibility index (Phi) is 29.1. The van der Waals surface area contributed by atoms with Crippen molar-refractivity contribution in [1.29, 1.82) is 0 Å². The van der Waals surface area contributed by atoms with Crippen LogP contribution >= 0.6 is 0 Å². The molecular weight excluding hydrogens is 562 g/mol. The predicted octanol–water partition coefficient (Wildman–Crippen LogP) is 8.82. The van der Waals surface area contributed by atoms with Gasteiger partial charge in [-0.2, -0.15) is 8.42 Å². The average molecular weight is 632 g/mol. The highest BCUT2D eigenvalue weighted by atomic mass is 32.2. The van der Waals surface area contributed by atoms with Crippen LogP contribution < -0.4 is 5.32 Å². The van der Waals surface area contributed by atoms with Crippen molar-refractivity contribution in [2.45, 2.75) is 199 Å². The van der Waals surface area contributed by atoms with Crippen LogP contribution in [0.25, 0.3) is 0 Å². The first kappa shape index (κ1) is 42.0. The molecule has 0 bridgehead atoms. The summed E-state index contributed by atoms with van der Waals surface area (Å²) in [5, 5.41) is 23.2. The number of aliphatic hydroxyl groups is 2. The highest BCUT2D eigenvalue weighted by Crippen LogP contribution is 2.15. The summed E-state index contributed by atoms with van der Waals surface area (Å²) in [6, 6.07) is -1.22. The van der Waals surface area contributed by atoms with Crippen molar-refractivity contribution in [2.75, 3.05) is 5.75 Å². The zero-order valence-corrected chi connectivity index (χ0v) is 28.8. The van der Waals surface area contributed by atoms with Gasteiger partial charge >= 0.3 is 0 Å². The van der Waals surface area contributed by atoms with Crippen LogP contribution in [0.3, 0.4) is 0 Å². The second kappa shape index (κ2) is 29.7. The molecular formula is C35H69NO6S. The monoisotopic (exact) mass is 631 g/mol. The van der Waals surface area contributed by atoms with E-state index in [-0.39, 0.29) is 6.42 Å². The number of aliphatic hydroxyl groups excluding tert-OH is 2. The molecule has 0 spiro atoms. The Hall–Kier alpha value is -0.960. The average Bonchev–Trinajstić information content (AvgIpc) is 2.96. The molecule has 3 unspecified atom stereocenters. The number of hydrogen-bond acceptors (Lipinski definition) is 5. The van der Waals surface area contributed by atoms with E-state index in [1.165, 1.54) is 122 Å². The smallest absolute Gasteiger partial charge is 0.267 e. The Bertz CT molecular complexity index is 757. The molecule has 0 saturated carbocycles. The normalized spacial score (nSPS) is 14.3. The zero-order valence-electron chi connectivity index (χ0n) is 28.0. The molecule has 0 heterocycles. The highest BCUT2D eigenvalue weighted by molar-refractivity contribution is 7.85. The Morgan fingerprint density at radius 1 is 0.628 bits per heavy atom. The Balaban J connectivity index is 3.97. The van der Waals surface area contributed by atoms with Gasteiger partial charge in [-0.1, -0.05) is 174 Å². The third-order valence-corrected chi connectivity index (χ3v) is 9.10. The van der Waals surface area contributed by atoms with Crippen LogP contribution in [-0.2, 0) is 14.9 Å². The first-order valence-corrected chi connectivity index (χ1v) is 19.6. The quantitative estimate of drug-likeness (QED) is 0.0334. The molecule has 256 valence electrons. The summed E-state index contributed by atoms with van der Waals surface area (Å²) in [6.07, 6.45) is 31.4. The topological polar surface area (TPSA) is 124 Å². The molecule has 8 heteroatoms. The molecule has 4 N–H and O–H groups in total.